The molecule has 0 aromatic heterocycles. The molecule has 0 aliphatic carbocycles. The van der Waals surface area contributed by atoms with Crippen LogP contribution in [0.2, 0.25) is 0 Å². The van der Waals surface area contributed by atoms with E-state index in [1.807, 2.05) is 6.92 Å². The van der Waals surface area contributed by atoms with Crippen LogP contribution < -0.4 is 10.6 Å². The van der Waals surface area contributed by atoms with Gasteiger partial charge < -0.3 is 15.4 Å². The lowest BCUT2D eigenvalue weighted by atomic mass is 9.73. The third kappa shape index (κ3) is 6.05. The number of aryl methyl sites for hydroxylation is 1. The molecule has 6 heteroatoms. The first kappa shape index (κ1) is 22.8. The molecule has 3 rings (SSSR count). The van der Waals surface area contributed by atoms with Gasteiger partial charge in [-0.25, -0.2) is 0 Å². The third-order valence-electron chi connectivity index (χ3n) is 6.51. The minimum Gasteiger partial charge on any atom is -0.379 e. The van der Waals surface area contributed by atoms with Crippen LogP contribution in [0.25, 0.3) is 0 Å². The van der Waals surface area contributed by atoms with E-state index in [4.69, 9.17) is 4.74 Å². The average Bonchev–Trinajstić information content (AvgIpc) is 2.73. The summed E-state index contributed by atoms with van der Waals surface area (Å²) < 4.78 is 5.71. The van der Waals surface area contributed by atoms with Gasteiger partial charge in [-0.15, -0.1) is 0 Å². The lowest BCUT2D eigenvalue weighted by molar-refractivity contribution is -0.138. The number of carbonyl (C=O) groups excluding carboxylic acids is 2. The summed E-state index contributed by atoms with van der Waals surface area (Å²) in [5, 5.41) is 5.94. The lowest BCUT2D eigenvalue weighted by Gasteiger charge is -2.41. The first-order chi connectivity index (χ1) is 14.4. The molecule has 2 saturated heterocycles. The monoisotopic (exact) mass is 415 g/mol. The topological polar surface area (TPSA) is 70.7 Å². The third-order valence-corrected chi connectivity index (χ3v) is 6.51. The van der Waals surface area contributed by atoms with E-state index in [1.54, 1.807) is 6.92 Å². The Bertz CT molecular complexity index is 711. The van der Waals surface area contributed by atoms with Gasteiger partial charge in [0.05, 0.1) is 12.0 Å². The molecule has 0 bridgehead atoms. The Kier molecular flexibility index (Phi) is 7.89. The van der Waals surface area contributed by atoms with E-state index in [9.17, 15) is 9.59 Å². The van der Waals surface area contributed by atoms with Crippen molar-refractivity contribution in [1.82, 2.24) is 15.5 Å². The number of nitrogens with zero attached hydrogens (tertiary/aromatic N) is 1. The second kappa shape index (κ2) is 10.4. The predicted molar refractivity (Wildman–Crippen MR) is 118 cm³/mol. The van der Waals surface area contributed by atoms with Gasteiger partial charge in [-0.05, 0) is 65.1 Å². The summed E-state index contributed by atoms with van der Waals surface area (Å²) in [7, 11) is 0. The van der Waals surface area contributed by atoms with Crippen molar-refractivity contribution in [1.29, 1.82) is 0 Å². The Morgan fingerprint density at radius 3 is 2.43 bits per heavy atom. The molecule has 2 amide bonds. The zero-order valence-corrected chi connectivity index (χ0v) is 18.7. The van der Waals surface area contributed by atoms with Gasteiger partial charge in [0, 0.05) is 19.2 Å². The second-order valence-corrected chi connectivity index (χ2v) is 9.18. The van der Waals surface area contributed by atoms with E-state index in [-0.39, 0.29) is 17.9 Å². The van der Waals surface area contributed by atoms with Gasteiger partial charge >= 0.3 is 0 Å². The summed E-state index contributed by atoms with van der Waals surface area (Å²) in [5.74, 6) is -0.112. The highest BCUT2D eigenvalue weighted by Crippen LogP contribution is 2.37. The van der Waals surface area contributed by atoms with Crippen LogP contribution in [0.4, 0.5) is 0 Å². The van der Waals surface area contributed by atoms with Gasteiger partial charge in [0.15, 0.2) is 0 Å². The molecule has 2 heterocycles. The molecule has 1 spiro atoms. The Morgan fingerprint density at radius 2 is 1.73 bits per heavy atom. The van der Waals surface area contributed by atoms with Gasteiger partial charge in [0.25, 0.3) is 0 Å². The fraction of sp³-hybridized carbons (Fsp3) is 0.667. The number of carbonyl (C=O) groups is 2. The summed E-state index contributed by atoms with van der Waals surface area (Å²) in [6, 6.07) is 8.08. The highest BCUT2D eigenvalue weighted by Gasteiger charge is 2.41. The lowest BCUT2D eigenvalue weighted by Crippen LogP contribution is -2.54. The van der Waals surface area contributed by atoms with E-state index in [1.165, 1.54) is 11.1 Å². The van der Waals surface area contributed by atoms with Crippen molar-refractivity contribution < 1.29 is 14.3 Å². The van der Waals surface area contributed by atoms with E-state index < -0.39 is 11.5 Å². The molecule has 2 aliphatic heterocycles. The van der Waals surface area contributed by atoms with Crippen molar-refractivity contribution in [2.45, 2.75) is 71.5 Å². The number of ether oxygens (including phenoxy) is 1. The number of likely N-dealkylation sites (tertiary alicyclic amines) is 1. The number of piperidine rings is 1. The molecule has 166 valence electrons. The van der Waals surface area contributed by atoms with Gasteiger partial charge in [0.2, 0.25) is 11.8 Å². The highest BCUT2D eigenvalue weighted by molar-refractivity contribution is 5.90. The Morgan fingerprint density at radius 1 is 1.03 bits per heavy atom. The summed E-state index contributed by atoms with van der Waals surface area (Å²) in [6.45, 7) is 9.69. The van der Waals surface area contributed by atoms with Crippen molar-refractivity contribution >= 4 is 11.8 Å². The summed E-state index contributed by atoms with van der Waals surface area (Å²) in [4.78, 5) is 28.2. The molecule has 2 N–H and O–H groups in total. The van der Waals surface area contributed by atoms with Crippen LogP contribution in [0, 0.1) is 12.3 Å². The number of hydrogen-bond donors (Lipinski definition) is 2. The van der Waals surface area contributed by atoms with Crippen LogP contribution in [0.15, 0.2) is 24.3 Å². The predicted octanol–water partition coefficient (Wildman–Crippen LogP) is 2.79. The van der Waals surface area contributed by atoms with E-state index in [0.29, 0.717) is 13.2 Å². The maximum Gasteiger partial charge on any atom is 0.242 e. The molecule has 1 aromatic rings. The molecule has 0 radical (unpaired) electrons. The van der Waals surface area contributed by atoms with Gasteiger partial charge in [-0.1, -0.05) is 36.2 Å². The van der Waals surface area contributed by atoms with Crippen LogP contribution in [-0.2, 0) is 20.9 Å². The van der Waals surface area contributed by atoms with E-state index in [2.05, 4.69) is 46.7 Å². The summed E-state index contributed by atoms with van der Waals surface area (Å²) >= 11 is 0. The van der Waals surface area contributed by atoms with Crippen molar-refractivity contribution in [3.05, 3.63) is 35.4 Å². The molecule has 0 unspecified atom stereocenters. The Balaban J connectivity index is 1.64. The SMILES string of the molecule is Cc1ccc(CN2CCC3(CCCCOC[C@H](C)NC(=O)[C@H](C)NC3=O)CC2)cc1. The van der Waals surface area contributed by atoms with Crippen molar-refractivity contribution in [2.24, 2.45) is 5.41 Å². The maximum absolute atomic E-state index is 13.3. The summed E-state index contributed by atoms with van der Waals surface area (Å²) in [5.41, 5.74) is 2.19. The normalized spacial score (nSPS) is 26.8. The second-order valence-electron chi connectivity index (χ2n) is 9.18. The number of amides is 2. The smallest absolute Gasteiger partial charge is 0.242 e. The number of hydrogen-bond acceptors (Lipinski definition) is 4. The van der Waals surface area contributed by atoms with E-state index >= 15 is 0 Å². The van der Waals surface area contributed by atoms with Crippen LogP contribution >= 0.6 is 0 Å². The van der Waals surface area contributed by atoms with Gasteiger partial charge in [0.1, 0.15) is 6.04 Å². The van der Waals surface area contributed by atoms with Crippen molar-refractivity contribution in [2.75, 3.05) is 26.3 Å². The molecule has 0 saturated carbocycles. The molecule has 2 atom stereocenters. The largest absolute Gasteiger partial charge is 0.379 e. The zero-order chi connectivity index (χ0) is 21.6. The fourth-order valence-corrected chi connectivity index (χ4v) is 4.43. The molecular weight excluding hydrogens is 378 g/mol. The Hall–Kier alpha value is -1.92. The van der Waals surface area contributed by atoms with Crippen LogP contribution in [0.5, 0.6) is 0 Å². The first-order valence-corrected chi connectivity index (χ1v) is 11.3. The number of benzene rings is 1. The molecule has 2 aliphatic rings. The quantitative estimate of drug-likeness (QED) is 0.779. The van der Waals surface area contributed by atoms with Crippen LogP contribution in [0.3, 0.4) is 0 Å². The van der Waals surface area contributed by atoms with Gasteiger partial charge in [-0.2, -0.15) is 0 Å². The maximum atomic E-state index is 13.3. The molecule has 2 fully saturated rings. The fourth-order valence-electron chi connectivity index (χ4n) is 4.43. The molecular formula is C24H37N3O3. The Labute approximate surface area is 180 Å². The average molecular weight is 416 g/mol. The van der Waals surface area contributed by atoms with Gasteiger partial charge in [-0.3, -0.25) is 14.5 Å². The van der Waals surface area contributed by atoms with Crippen molar-refractivity contribution in [3.63, 3.8) is 0 Å². The zero-order valence-electron chi connectivity index (χ0n) is 18.7. The van der Waals surface area contributed by atoms with Crippen LogP contribution in [0.1, 0.15) is 57.1 Å². The number of nitrogens with one attached hydrogen (secondary N) is 2. The van der Waals surface area contributed by atoms with Crippen molar-refractivity contribution in [3.8, 4) is 0 Å². The highest BCUT2D eigenvalue weighted by atomic mass is 16.5. The summed E-state index contributed by atoms with van der Waals surface area (Å²) in [6.07, 6.45) is 4.42. The van der Waals surface area contributed by atoms with E-state index in [0.717, 1.165) is 51.7 Å². The molecule has 30 heavy (non-hydrogen) atoms. The minimum absolute atomic E-state index is 0.0351. The first-order valence-electron chi connectivity index (χ1n) is 11.3. The number of rotatable bonds is 2. The van der Waals surface area contributed by atoms with Crippen LogP contribution in [-0.4, -0.2) is 55.1 Å². The minimum atomic E-state index is -0.539. The standard InChI is InChI=1S/C24H37N3O3/c1-18-6-8-21(9-7-18)16-27-13-11-24(12-14-27)10-4-5-15-30-17-19(2)25-22(28)20(3)26-23(24)29/h6-9,19-20H,4-5,10-17H2,1-3H3,(H,25,28)(H,26,29)/t19-,20-/m0/s1. The molecule has 6 nitrogen and oxygen atoms in total. The molecule has 1 aromatic carbocycles.